The van der Waals surface area contributed by atoms with E-state index < -0.39 is 11.4 Å². The Morgan fingerprint density at radius 1 is 1.10 bits per heavy atom. The van der Waals surface area contributed by atoms with Gasteiger partial charge in [0.25, 0.3) is 0 Å². The zero-order chi connectivity index (χ0) is 21.1. The smallest absolute Gasteiger partial charge is 0.139 e. The number of hydrogen-bond acceptors (Lipinski definition) is 5. The highest BCUT2D eigenvalue weighted by molar-refractivity contribution is 5.93. The molecule has 8 atom stereocenters. The molecule has 4 aliphatic carbocycles. The molecule has 0 amide bonds. The molecule has 0 bridgehead atoms. The highest BCUT2D eigenvalue weighted by atomic mass is 16.4. The summed E-state index contributed by atoms with van der Waals surface area (Å²) in [7, 11) is 0. The van der Waals surface area contributed by atoms with E-state index in [2.05, 4.69) is 13.8 Å². The first-order valence-electron chi connectivity index (χ1n) is 11.4. The van der Waals surface area contributed by atoms with Crippen molar-refractivity contribution in [2.45, 2.75) is 78.6 Å². The third-order valence-corrected chi connectivity index (χ3v) is 9.71. The van der Waals surface area contributed by atoms with Crippen LogP contribution in [0, 0.1) is 46.3 Å². The van der Waals surface area contributed by atoms with Crippen LogP contribution in [0.3, 0.4) is 0 Å². The molecule has 0 aromatic carbocycles. The largest absolute Gasteiger partial charge is 0.550 e. The highest BCUT2D eigenvalue weighted by Gasteiger charge is 2.66. The van der Waals surface area contributed by atoms with Crippen LogP contribution in [-0.2, 0) is 19.2 Å². The van der Waals surface area contributed by atoms with Gasteiger partial charge in [0, 0.05) is 43.0 Å². The van der Waals surface area contributed by atoms with E-state index in [0.29, 0.717) is 32.1 Å². The summed E-state index contributed by atoms with van der Waals surface area (Å²) in [4.78, 5) is 49.8. The van der Waals surface area contributed by atoms with Gasteiger partial charge in [-0.25, -0.2) is 0 Å². The summed E-state index contributed by atoms with van der Waals surface area (Å²) < 4.78 is 0. The fraction of sp³-hybridized carbons (Fsp3) is 0.833. The van der Waals surface area contributed by atoms with Gasteiger partial charge in [-0.1, -0.05) is 20.8 Å². The number of hydrogen-bond donors (Lipinski definition) is 0. The van der Waals surface area contributed by atoms with E-state index in [9.17, 15) is 24.3 Å². The molecule has 4 rings (SSSR count). The van der Waals surface area contributed by atoms with Gasteiger partial charge >= 0.3 is 0 Å². The SMILES string of the molecule is C[C@H](CCC(=O)[O-])[C@H]1CC[C@H]2[C@H]3C(=O)C[C@H]4CC(=O)CC[C@]4(C)[C@H]3CC(=O)[C@]12C. The Balaban J connectivity index is 1.63. The van der Waals surface area contributed by atoms with E-state index in [1.165, 1.54) is 0 Å². The second kappa shape index (κ2) is 7.02. The van der Waals surface area contributed by atoms with E-state index in [-0.39, 0.29) is 64.7 Å². The molecule has 0 N–H and O–H groups in total. The van der Waals surface area contributed by atoms with Crippen molar-refractivity contribution < 1.29 is 24.3 Å². The zero-order valence-electron chi connectivity index (χ0n) is 17.9. The number of carboxylic acids is 1. The molecule has 4 saturated carbocycles. The Hall–Kier alpha value is -1.52. The van der Waals surface area contributed by atoms with Crippen LogP contribution in [0.4, 0.5) is 0 Å². The number of rotatable bonds is 4. The van der Waals surface area contributed by atoms with Gasteiger partial charge in [-0.15, -0.1) is 0 Å². The fourth-order valence-corrected chi connectivity index (χ4v) is 7.94. The molecule has 4 fully saturated rings. The van der Waals surface area contributed by atoms with Crippen LogP contribution in [0.1, 0.15) is 78.6 Å². The predicted molar refractivity (Wildman–Crippen MR) is 104 cm³/mol. The van der Waals surface area contributed by atoms with Crippen LogP contribution in [0.2, 0.25) is 0 Å². The summed E-state index contributed by atoms with van der Waals surface area (Å²) in [6.45, 7) is 6.32. The lowest BCUT2D eigenvalue weighted by Gasteiger charge is -2.58. The molecule has 0 heterocycles. The molecule has 0 aliphatic heterocycles. The zero-order valence-corrected chi connectivity index (χ0v) is 17.9. The normalized spacial score (nSPS) is 45.3. The number of aliphatic carboxylic acids is 1. The van der Waals surface area contributed by atoms with Gasteiger partial charge in [-0.3, -0.25) is 14.4 Å². The average Bonchev–Trinajstić information content (AvgIpc) is 3.01. The number of carboxylic acid groups (broad SMARTS) is 1. The lowest BCUT2D eigenvalue weighted by Crippen LogP contribution is -2.60. The highest BCUT2D eigenvalue weighted by Crippen LogP contribution is 2.66. The molecule has 0 aromatic rings. The molecule has 0 spiro atoms. The molecule has 0 unspecified atom stereocenters. The van der Waals surface area contributed by atoms with Crippen LogP contribution in [0.5, 0.6) is 0 Å². The van der Waals surface area contributed by atoms with Gasteiger partial charge in [0.05, 0.1) is 0 Å². The van der Waals surface area contributed by atoms with Gasteiger partial charge in [0.1, 0.15) is 17.3 Å². The Morgan fingerprint density at radius 2 is 1.83 bits per heavy atom. The van der Waals surface area contributed by atoms with Crippen molar-refractivity contribution in [1.82, 2.24) is 0 Å². The van der Waals surface area contributed by atoms with Gasteiger partial charge < -0.3 is 9.90 Å². The summed E-state index contributed by atoms with van der Waals surface area (Å²) in [5.41, 5.74) is -0.627. The maximum absolute atomic E-state index is 13.6. The predicted octanol–water partition coefficient (Wildman–Crippen LogP) is 2.74. The van der Waals surface area contributed by atoms with E-state index in [4.69, 9.17) is 0 Å². The third-order valence-electron chi connectivity index (χ3n) is 9.71. The summed E-state index contributed by atoms with van der Waals surface area (Å²) in [5, 5.41) is 10.9. The lowest BCUT2D eigenvalue weighted by molar-refractivity contribution is -0.306. The minimum Gasteiger partial charge on any atom is -0.550 e. The first kappa shape index (κ1) is 20.7. The number of carbonyl (C=O) groups excluding carboxylic acids is 4. The molecule has 5 nitrogen and oxygen atoms in total. The first-order valence-corrected chi connectivity index (χ1v) is 11.4. The molecular weight excluding hydrogens is 368 g/mol. The van der Waals surface area contributed by atoms with Crippen molar-refractivity contribution in [2.24, 2.45) is 46.3 Å². The Kier molecular flexibility index (Phi) is 5.02. The van der Waals surface area contributed by atoms with Crippen molar-refractivity contribution in [3.05, 3.63) is 0 Å². The Labute approximate surface area is 173 Å². The fourth-order valence-electron chi connectivity index (χ4n) is 7.94. The van der Waals surface area contributed by atoms with E-state index in [0.717, 1.165) is 19.3 Å². The molecule has 4 aliphatic rings. The van der Waals surface area contributed by atoms with Crippen LogP contribution in [0.15, 0.2) is 0 Å². The topological polar surface area (TPSA) is 91.3 Å². The minimum atomic E-state index is -1.04. The monoisotopic (exact) mass is 401 g/mol. The van der Waals surface area contributed by atoms with Gasteiger partial charge in [0.2, 0.25) is 0 Å². The summed E-state index contributed by atoms with van der Waals surface area (Å²) in [5.74, 6) is 0.130. The van der Waals surface area contributed by atoms with Gasteiger partial charge in [-0.2, -0.15) is 0 Å². The maximum Gasteiger partial charge on any atom is 0.139 e. The van der Waals surface area contributed by atoms with E-state index in [1.807, 2.05) is 6.92 Å². The lowest BCUT2D eigenvalue weighted by atomic mass is 9.44. The van der Waals surface area contributed by atoms with Crippen LogP contribution >= 0.6 is 0 Å². The van der Waals surface area contributed by atoms with Gasteiger partial charge in [0.15, 0.2) is 0 Å². The summed E-state index contributed by atoms with van der Waals surface area (Å²) >= 11 is 0. The molecule has 5 heteroatoms. The number of ketones is 3. The summed E-state index contributed by atoms with van der Waals surface area (Å²) in [6.07, 6.45) is 5.08. The third kappa shape index (κ3) is 3.02. The number of carbonyl (C=O) groups is 4. The van der Waals surface area contributed by atoms with Crippen LogP contribution < -0.4 is 5.11 Å². The van der Waals surface area contributed by atoms with Crippen molar-refractivity contribution >= 4 is 23.3 Å². The molecule has 0 radical (unpaired) electrons. The first-order chi connectivity index (χ1) is 13.6. The molecule has 0 aromatic heterocycles. The Bertz CT molecular complexity index is 756. The van der Waals surface area contributed by atoms with Crippen LogP contribution in [0.25, 0.3) is 0 Å². The quantitative estimate of drug-likeness (QED) is 0.722. The van der Waals surface area contributed by atoms with Crippen molar-refractivity contribution in [3.8, 4) is 0 Å². The van der Waals surface area contributed by atoms with Gasteiger partial charge in [-0.05, 0) is 67.1 Å². The summed E-state index contributed by atoms with van der Waals surface area (Å²) in [6, 6.07) is 0. The van der Waals surface area contributed by atoms with Crippen molar-refractivity contribution in [3.63, 3.8) is 0 Å². The Morgan fingerprint density at radius 3 is 2.52 bits per heavy atom. The standard InChI is InChI=1S/C24H34O5/c1-13(4-7-21(28)29)16-5-6-17-22-18(12-20(27)24(16,17)3)23(2)9-8-15(25)10-14(23)11-19(22)26/h13-14,16-18,22H,4-12H2,1-3H3,(H,28,29)/p-1/t13-,14-,16-,17+,18+,22-,23+,24-/m1/s1. The second-order valence-corrected chi connectivity index (χ2v) is 10.8. The molecule has 160 valence electrons. The van der Waals surface area contributed by atoms with Crippen LogP contribution in [-0.4, -0.2) is 23.3 Å². The molecule has 29 heavy (non-hydrogen) atoms. The van der Waals surface area contributed by atoms with Crippen molar-refractivity contribution in [2.75, 3.05) is 0 Å². The van der Waals surface area contributed by atoms with Crippen molar-refractivity contribution in [1.29, 1.82) is 0 Å². The maximum atomic E-state index is 13.6. The average molecular weight is 402 g/mol. The van der Waals surface area contributed by atoms with E-state index >= 15 is 0 Å². The number of fused-ring (bicyclic) bond motifs is 5. The molecule has 0 saturated heterocycles. The minimum absolute atomic E-state index is 0.0192. The molecular formula is C24H33O5-. The van der Waals surface area contributed by atoms with E-state index in [1.54, 1.807) is 0 Å². The second-order valence-electron chi connectivity index (χ2n) is 10.8. The number of Topliss-reactive ketones (excluding diaryl/α,β-unsaturated/α-hetero) is 3.